The molecule has 0 unspecified atom stereocenters. The van der Waals surface area contributed by atoms with E-state index in [1.165, 1.54) is 0 Å². The van der Waals surface area contributed by atoms with Gasteiger partial charge in [-0.05, 0) is 18.8 Å². The summed E-state index contributed by atoms with van der Waals surface area (Å²) < 4.78 is 1.89. The van der Waals surface area contributed by atoms with E-state index in [-0.39, 0.29) is 5.91 Å². The molecule has 1 aliphatic carbocycles. The molecular formula is C9H14N4O. The lowest BCUT2D eigenvalue weighted by Crippen LogP contribution is -2.36. The molecular weight excluding hydrogens is 180 g/mol. The molecule has 14 heavy (non-hydrogen) atoms. The van der Waals surface area contributed by atoms with E-state index >= 15 is 0 Å². The number of hydrogen-bond donors (Lipinski definition) is 1. The molecule has 1 heterocycles. The third-order valence-electron chi connectivity index (χ3n) is 2.66. The number of amides is 1. The van der Waals surface area contributed by atoms with Gasteiger partial charge in [0.15, 0.2) is 0 Å². The van der Waals surface area contributed by atoms with Gasteiger partial charge in [0.05, 0.1) is 6.04 Å². The Morgan fingerprint density at radius 1 is 1.64 bits per heavy atom. The van der Waals surface area contributed by atoms with Crippen molar-refractivity contribution >= 4 is 5.91 Å². The fourth-order valence-corrected chi connectivity index (χ4v) is 1.78. The molecule has 5 heteroatoms. The van der Waals surface area contributed by atoms with Crippen LogP contribution < -0.4 is 5.32 Å². The van der Waals surface area contributed by atoms with Crippen LogP contribution in [0.5, 0.6) is 0 Å². The SMILES string of the molecule is CC(=O)NCC1CC(n2cncn2)C1. The highest BCUT2D eigenvalue weighted by Crippen LogP contribution is 2.36. The van der Waals surface area contributed by atoms with Gasteiger partial charge in [-0.25, -0.2) is 9.67 Å². The molecule has 1 aromatic heterocycles. The molecule has 1 N–H and O–H groups in total. The molecule has 0 radical (unpaired) electrons. The van der Waals surface area contributed by atoms with Crippen LogP contribution in [0, 0.1) is 5.92 Å². The molecule has 1 saturated carbocycles. The minimum Gasteiger partial charge on any atom is -0.356 e. The normalized spacial score (nSPS) is 25.5. The molecule has 2 rings (SSSR count). The molecule has 0 saturated heterocycles. The van der Waals surface area contributed by atoms with Crippen molar-refractivity contribution in [3.63, 3.8) is 0 Å². The standard InChI is InChI=1S/C9H14N4O/c1-7(14)11-4-8-2-9(3-8)13-6-10-5-12-13/h5-6,8-9H,2-4H2,1H3,(H,11,14). The Balaban J connectivity index is 1.72. The monoisotopic (exact) mass is 194 g/mol. The summed E-state index contributed by atoms with van der Waals surface area (Å²) >= 11 is 0. The van der Waals surface area contributed by atoms with Crippen LogP contribution in [0.3, 0.4) is 0 Å². The van der Waals surface area contributed by atoms with Gasteiger partial charge >= 0.3 is 0 Å². The zero-order valence-electron chi connectivity index (χ0n) is 8.18. The summed E-state index contributed by atoms with van der Waals surface area (Å²) in [6.07, 6.45) is 5.48. The maximum atomic E-state index is 10.7. The van der Waals surface area contributed by atoms with Gasteiger partial charge in [0.2, 0.25) is 5.91 Å². The van der Waals surface area contributed by atoms with Crippen LogP contribution in [0.15, 0.2) is 12.7 Å². The fraction of sp³-hybridized carbons (Fsp3) is 0.667. The average molecular weight is 194 g/mol. The van der Waals surface area contributed by atoms with Crippen molar-refractivity contribution in [2.45, 2.75) is 25.8 Å². The van der Waals surface area contributed by atoms with Crippen molar-refractivity contribution in [2.75, 3.05) is 6.54 Å². The first-order valence-electron chi connectivity index (χ1n) is 4.84. The number of carbonyl (C=O) groups is 1. The minimum absolute atomic E-state index is 0.0502. The van der Waals surface area contributed by atoms with Crippen molar-refractivity contribution in [2.24, 2.45) is 5.92 Å². The topological polar surface area (TPSA) is 59.8 Å². The second-order valence-corrected chi connectivity index (χ2v) is 3.80. The van der Waals surface area contributed by atoms with Crippen molar-refractivity contribution < 1.29 is 4.79 Å². The number of nitrogens with zero attached hydrogens (tertiary/aromatic N) is 3. The predicted molar refractivity (Wildman–Crippen MR) is 50.5 cm³/mol. The fourth-order valence-electron chi connectivity index (χ4n) is 1.78. The van der Waals surface area contributed by atoms with E-state index in [2.05, 4.69) is 15.4 Å². The van der Waals surface area contributed by atoms with Gasteiger partial charge in [0.25, 0.3) is 0 Å². The van der Waals surface area contributed by atoms with E-state index in [4.69, 9.17) is 0 Å². The van der Waals surface area contributed by atoms with Gasteiger partial charge in [-0.15, -0.1) is 0 Å². The summed E-state index contributed by atoms with van der Waals surface area (Å²) in [6, 6.07) is 0.483. The number of rotatable bonds is 3. The van der Waals surface area contributed by atoms with Crippen molar-refractivity contribution in [3.05, 3.63) is 12.7 Å². The third kappa shape index (κ3) is 1.92. The highest BCUT2D eigenvalue weighted by Gasteiger charge is 2.30. The molecule has 0 aromatic carbocycles. The highest BCUT2D eigenvalue weighted by atomic mass is 16.1. The van der Waals surface area contributed by atoms with E-state index in [0.717, 1.165) is 19.4 Å². The second kappa shape index (κ2) is 3.77. The van der Waals surface area contributed by atoms with Gasteiger partial charge in [-0.3, -0.25) is 4.79 Å². The van der Waals surface area contributed by atoms with Crippen LogP contribution in [-0.2, 0) is 4.79 Å². The largest absolute Gasteiger partial charge is 0.356 e. The smallest absolute Gasteiger partial charge is 0.216 e. The van der Waals surface area contributed by atoms with Crippen LogP contribution >= 0.6 is 0 Å². The van der Waals surface area contributed by atoms with Gasteiger partial charge in [0.1, 0.15) is 12.7 Å². The van der Waals surface area contributed by atoms with Gasteiger partial charge in [0, 0.05) is 13.5 Å². The number of aromatic nitrogens is 3. The molecule has 5 nitrogen and oxygen atoms in total. The summed E-state index contributed by atoms with van der Waals surface area (Å²) in [4.78, 5) is 14.6. The van der Waals surface area contributed by atoms with Gasteiger partial charge < -0.3 is 5.32 Å². The zero-order chi connectivity index (χ0) is 9.97. The van der Waals surface area contributed by atoms with E-state index < -0.39 is 0 Å². The van der Waals surface area contributed by atoms with E-state index in [0.29, 0.717) is 12.0 Å². The van der Waals surface area contributed by atoms with Crippen LogP contribution in [0.4, 0.5) is 0 Å². The molecule has 1 fully saturated rings. The molecule has 0 bridgehead atoms. The van der Waals surface area contributed by atoms with Crippen LogP contribution in [-0.4, -0.2) is 27.2 Å². The number of hydrogen-bond acceptors (Lipinski definition) is 3. The summed E-state index contributed by atoms with van der Waals surface area (Å²) in [5.41, 5.74) is 0. The third-order valence-corrected chi connectivity index (χ3v) is 2.66. The molecule has 76 valence electrons. The lowest BCUT2D eigenvalue weighted by molar-refractivity contribution is -0.119. The first-order chi connectivity index (χ1) is 6.75. The van der Waals surface area contributed by atoms with Crippen LogP contribution in [0.2, 0.25) is 0 Å². The van der Waals surface area contributed by atoms with E-state index in [1.807, 2.05) is 4.68 Å². The summed E-state index contributed by atoms with van der Waals surface area (Å²) in [6.45, 7) is 2.34. The molecule has 1 aromatic rings. The van der Waals surface area contributed by atoms with Crippen molar-refractivity contribution in [1.29, 1.82) is 0 Å². The molecule has 1 aliphatic rings. The Bertz CT molecular complexity index is 303. The Hall–Kier alpha value is -1.39. The Kier molecular flexibility index (Phi) is 2.47. The maximum absolute atomic E-state index is 10.7. The summed E-state index contributed by atoms with van der Waals surface area (Å²) in [7, 11) is 0. The van der Waals surface area contributed by atoms with Crippen LogP contribution in [0.25, 0.3) is 0 Å². The zero-order valence-corrected chi connectivity index (χ0v) is 8.18. The highest BCUT2D eigenvalue weighted by molar-refractivity contribution is 5.72. The van der Waals surface area contributed by atoms with E-state index in [9.17, 15) is 4.79 Å². The summed E-state index contributed by atoms with van der Waals surface area (Å²) in [5, 5.41) is 6.92. The van der Waals surface area contributed by atoms with Gasteiger partial charge in [-0.1, -0.05) is 0 Å². The first kappa shape index (κ1) is 9.18. The Morgan fingerprint density at radius 3 is 3.00 bits per heavy atom. The predicted octanol–water partition coefficient (Wildman–Crippen LogP) is 0.365. The Morgan fingerprint density at radius 2 is 2.43 bits per heavy atom. The van der Waals surface area contributed by atoms with Gasteiger partial charge in [-0.2, -0.15) is 5.10 Å². The average Bonchev–Trinajstić information content (AvgIpc) is 2.53. The minimum atomic E-state index is 0.0502. The quantitative estimate of drug-likeness (QED) is 0.756. The van der Waals surface area contributed by atoms with Crippen molar-refractivity contribution in [1.82, 2.24) is 20.1 Å². The number of carbonyl (C=O) groups excluding carboxylic acids is 1. The molecule has 0 spiro atoms. The first-order valence-corrected chi connectivity index (χ1v) is 4.84. The second-order valence-electron chi connectivity index (χ2n) is 3.80. The lowest BCUT2D eigenvalue weighted by atomic mass is 9.80. The summed E-state index contributed by atoms with van der Waals surface area (Å²) in [5.74, 6) is 0.655. The van der Waals surface area contributed by atoms with Crippen LogP contribution in [0.1, 0.15) is 25.8 Å². The number of nitrogens with one attached hydrogen (secondary N) is 1. The van der Waals surface area contributed by atoms with Crippen molar-refractivity contribution in [3.8, 4) is 0 Å². The maximum Gasteiger partial charge on any atom is 0.216 e. The Labute approximate surface area is 82.5 Å². The van der Waals surface area contributed by atoms with E-state index in [1.54, 1.807) is 19.6 Å². The molecule has 0 aliphatic heterocycles. The lowest BCUT2D eigenvalue weighted by Gasteiger charge is -2.34. The molecule has 0 atom stereocenters. The molecule has 1 amide bonds.